The van der Waals surface area contributed by atoms with E-state index in [4.69, 9.17) is 10.5 Å². The zero-order valence-corrected chi connectivity index (χ0v) is 11.0. The van der Waals surface area contributed by atoms with Gasteiger partial charge in [0.25, 0.3) is 0 Å². The van der Waals surface area contributed by atoms with E-state index in [0.717, 1.165) is 19.0 Å². The number of hydrogen-bond donors (Lipinski definition) is 1. The van der Waals surface area contributed by atoms with Crippen molar-refractivity contribution in [1.82, 2.24) is 4.90 Å². The van der Waals surface area contributed by atoms with Crippen LogP contribution >= 0.6 is 0 Å². The predicted molar refractivity (Wildman–Crippen MR) is 72.2 cm³/mol. The molecule has 1 saturated carbocycles. The molecule has 2 fully saturated rings. The molecule has 3 heteroatoms. The van der Waals surface area contributed by atoms with Crippen molar-refractivity contribution < 1.29 is 4.74 Å². The van der Waals surface area contributed by atoms with Gasteiger partial charge < -0.3 is 10.5 Å². The SMILES string of the molecule is COCc1ccccc1C1C(N)CCN1C1CC1. The Morgan fingerprint density at radius 1 is 1.28 bits per heavy atom. The van der Waals surface area contributed by atoms with E-state index in [1.54, 1.807) is 7.11 Å². The second kappa shape index (κ2) is 5.00. The molecular weight excluding hydrogens is 224 g/mol. The molecule has 0 amide bonds. The standard InChI is InChI=1S/C15H22N2O/c1-18-10-11-4-2-3-5-13(11)15-14(16)8-9-17(15)12-6-7-12/h2-5,12,14-15H,6-10,16H2,1H3. The van der Waals surface area contributed by atoms with E-state index >= 15 is 0 Å². The Morgan fingerprint density at radius 3 is 2.78 bits per heavy atom. The first-order valence-electron chi connectivity index (χ1n) is 6.89. The lowest BCUT2D eigenvalue weighted by Gasteiger charge is -2.28. The lowest BCUT2D eigenvalue weighted by atomic mass is 9.96. The van der Waals surface area contributed by atoms with Crippen molar-refractivity contribution in [1.29, 1.82) is 0 Å². The van der Waals surface area contributed by atoms with Gasteiger partial charge in [0.2, 0.25) is 0 Å². The van der Waals surface area contributed by atoms with Gasteiger partial charge in [-0.15, -0.1) is 0 Å². The quantitative estimate of drug-likeness (QED) is 0.884. The molecule has 2 aliphatic rings. The molecule has 1 heterocycles. The van der Waals surface area contributed by atoms with Crippen LogP contribution in [0.1, 0.15) is 36.4 Å². The molecule has 0 aromatic heterocycles. The number of nitrogens with zero attached hydrogens (tertiary/aromatic N) is 1. The van der Waals surface area contributed by atoms with Gasteiger partial charge >= 0.3 is 0 Å². The van der Waals surface area contributed by atoms with Gasteiger partial charge in [-0.3, -0.25) is 4.90 Å². The number of methoxy groups -OCH3 is 1. The van der Waals surface area contributed by atoms with Crippen LogP contribution < -0.4 is 5.73 Å². The summed E-state index contributed by atoms with van der Waals surface area (Å²) in [6, 6.07) is 10.0. The van der Waals surface area contributed by atoms with Crippen LogP contribution in [-0.4, -0.2) is 30.6 Å². The number of rotatable bonds is 4. The van der Waals surface area contributed by atoms with E-state index < -0.39 is 0 Å². The summed E-state index contributed by atoms with van der Waals surface area (Å²) in [6.45, 7) is 1.83. The minimum atomic E-state index is 0.267. The molecule has 1 aliphatic heterocycles. The summed E-state index contributed by atoms with van der Waals surface area (Å²) < 4.78 is 5.32. The van der Waals surface area contributed by atoms with E-state index in [0.29, 0.717) is 12.6 Å². The van der Waals surface area contributed by atoms with Gasteiger partial charge in [0.1, 0.15) is 0 Å². The van der Waals surface area contributed by atoms with Crippen molar-refractivity contribution in [3.63, 3.8) is 0 Å². The third kappa shape index (κ3) is 2.18. The van der Waals surface area contributed by atoms with E-state index in [2.05, 4.69) is 29.2 Å². The van der Waals surface area contributed by atoms with Crippen molar-refractivity contribution in [2.75, 3.05) is 13.7 Å². The van der Waals surface area contributed by atoms with Gasteiger partial charge in [0.15, 0.2) is 0 Å². The van der Waals surface area contributed by atoms with Gasteiger partial charge in [-0.25, -0.2) is 0 Å². The Morgan fingerprint density at radius 2 is 2.06 bits per heavy atom. The van der Waals surface area contributed by atoms with Crippen molar-refractivity contribution in [2.24, 2.45) is 5.73 Å². The van der Waals surface area contributed by atoms with Gasteiger partial charge in [-0.1, -0.05) is 24.3 Å². The predicted octanol–water partition coefficient (Wildman–Crippen LogP) is 2.07. The van der Waals surface area contributed by atoms with Crippen LogP contribution in [0.2, 0.25) is 0 Å². The number of hydrogen-bond acceptors (Lipinski definition) is 3. The molecule has 3 nitrogen and oxygen atoms in total. The monoisotopic (exact) mass is 246 g/mol. The Hall–Kier alpha value is -0.900. The summed E-state index contributed by atoms with van der Waals surface area (Å²) in [5.74, 6) is 0. The third-order valence-corrected chi connectivity index (χ3v) is 4.17. The van der Waals surface area contributed by atoms with Crippen LogP contribution in [0, 0.1) is 0 Å². The molecule has 3 rings (SSSR count). The molecule has 0 radical (unpaired) electrons. The number of benzene rings is 1. The van der Waals surface area contributed by atoms with Gasteiger partial charge in [0.05, 0.1) is 12.6 Å². The molecule has 1 aliphatic carbocycles. The third-order valence-electron chi connectivity index (χ3n) is 4.17. The summed E-state index contributed by atoms with van der Waals surface area (Å²) in [4.78, 5) is 2.61. The molecule has 2 unspecified atom stereocenters. The first-order chi connectivity index (χ1) is 8.81. The Kier molecular flexibility index (Phi) is 3.37. The van der Waals surface area contributed by atoms with Crippen LogP contribution in [0.5, 0.6) is 0 Å². The summed E-state index contributed by atoms with van der Waals surface area (Å²) in [5, 5.41) is 0. The Bertz CT molecular complexity index is 417. The molecule has 1 aromatic carbocycles. The fraction of sp³-hybridized carbons (Fsp3) is 0.600. The zero-order valence-electron chi connectivity index (χ0n) is 11.0. The first-order valence-corrected chi connectivity index (χ1v) is 6.89. The minimum Gasteiger partial charge on any atom is -0.380 e. The highest BCUT2D eigenvalue weighted by atomic mass is 16.5. The average Bonchev–Trinajstić information content (AvgIpc) is 3.15. The van der Waals surface area contributed by atoms with Crippen LogP contribution in [-0.2, 0) is 11.3 Å². The Labute approximate surface area is 109 Å². The number of nitrogens with two attached hydrogens (primary N) is 1. The highest BCUT2D eigenvalue weighted by Crippen LogP contribution is 2.41. The normalized spacial score (nSPS) is 28.8. The summed E-state index contributed by atoms with van der Waals surface area (Å²) in [7, 11) is 1.75. The van der Waals surface area contributed by atoms with Crippen molar-refractivity contribution in [3.05, 3.63) is 35.4 Å². The number of ether oxygens (including phenoxy) is 1. The lowest BCUT2D eigenvalue weighted by molar-refractivity contribution is 0.179. The summed E-state index contributed by atoms with van der Waals surface area (Å²) >= 11 is 0. The molecule has 0 bridgehead atoms. The van der Waals surface area contributed by atoms with Crippen molar-refractivity contribution in [3.8, 4) is 0 Å². The second-order valence-corrected chi connectivity index (χ2v) is 5.50. The van der Waals surface area contributed by atoms with Gasteiger partial charge in [-0.2, -0.15) is 0 Å². The maximum atomic E-state index is 6.35. The summed E-state index contributed by atoms with van der Waals surface area (Å²) in [6.07, 6.45) is 3.80. The molecular formula is C15H22N2O. The first kappa shape index (κ1) is 12.2. The van der Waals surface area contributed by atoms with Crippen molar-refractivity contribution >= 4 is 0 Å². The molecule has 98 valence electrons. The van der Waals surface area contributed by atoms with E-state index in [1.165, 1.54) is 24.0 Å². The van der Waals surface area contributed by atoms with Gasteiger partial charge in [0, 0.05) is 25.7 Å². The number of likely N-dealkylation sites (tertiary alicyclic amines) is 1. The molecule has 0 spiro atoms. The molecule has 1 aromatic rings. The molecule has 2 atom stereocenters. The smallest absolute Gasteiger partial charge is 0.0716 e. The highest BCUT2D eigenvalue weighted by Gasteiger charge is 2.41. The largest absolute Gasteiger partial charge is 0.380 e. The van der Waals surface area contributed by atoms with Crippen LogP contribution in [0.4, 0.5) is 0 Å². The second-order valence-electron chi connectivity index (χ2n) is 5.50. The van der Waals surface area contributed by atoms with Gasteiger partial charge in [-0.05, 0) is 30.4 Å². The van der Waals surface area contributed by atoms with Crippen LogP contribution in [0.25, 0.3) is 0 Å². The zero-order chi connectivity index (χ0) is 12.5. The van der Waals surface area contributed by atoms with E-state index in [1.807, 2.05) is 0 Å². The maximum absolute atomic E-state index is 6.35. The van der Waals surface area contributed by atoms with E-state index in [9.17, 15) is 0 Å². The molecule has 1 saturated heterocycles. The minimum absolute atomic E-state index is 0.267. The van der Waals surface area contributed by atoms with Crippen LogP contribution in [0.3, 0.4) is 0 Å². The molecule has 18 heavy (non-hydrogen) atoms. The lowest BCUT2D eigenvalue weighted by Crippen LogP contribution is -2.33. The van der Waals surface area contributed by atoms with Crippen LogP contribution in [0.15, 0.2) is 24.3 Å². The highest BCUT2D eigenvalue weighted by molar-refractivity contribution is 5.32. The topological polar surface area (TPSA) is 38.5 Å². The summed E-state index contributed by atoms with van der Waals surface area (Å²) in [5.41, 5.74) is 9.01. The van der Waals surface area contributed by atoms with E-state index in [-0.39, 0.29) is 6.04 Å². The molecule has 2 N–H and O–H groups in total. The average molecular weight is 246 g/mol. The maximum Gasteiger partial charge on any atom is 0.0716 e. The van der Waals surface area contributed by atoms with Crippen molar-refractivity contribution in [2.45, 2.75) is 44.0 Å². The fourth-order valence-corrected chi connectivity index (χ4v) is 3.18. The fourth-order valence-electron chi connectivity index (χ4n) is 3.18. The Balaban J connectivity index is 1.91.